The molecule has 3 rings (SSSR count). The zero-order chi connectivity index (χ0) is 20.3. The molecule has 0 saturated carbocycles. The number of rotatable bonds is 5. The van der Waals surface area contributed by atoms with Gasteiger partial charge in [-0.25, -0.2) is 9.79 Å². The van der Waals surface area contributed by atoms with Crippen LogP contribution in [0.3, 0.4) is 0 Å². The maximum atomic E-state index is 12.2. The van der Waals surface area contributed by atoms with Crippen molar-refractivity contribution in [3.8, 4) is 11.5 Å². The van der Waals surface area contributed by atoms with Crippen molar-refractivity contribution < 1.29 is 23.8 Å². The molecule has 0 aliphatic carbocycles. The van der Waals surface area contributed by atoms with Crippen LogP contribution in [0.4, 0.5) is 0 Å². The third-order valence-electron chi connectivity index (χ3n) is 3.57. The van der Waals surface area contributed by atoms with E-state index < -0.39 is 11.9 Å². The molecule has 0 N–H and O–H groups in total. The van der Waals surface area contributed by atoms with Gasteiger partial charge in [0.15, 0.2) is 17.2 Å². The first kappa shape index (κ1) is 20.5. The lowest BCUT2D eigenvalue weighted by molar-refractivity contribution is -0.132. The van der Waals surface area contributed by atoms with Gasteiger partial charge in [-0.2, -0.15) is 0 Å². The Morgan fingerprint density at radius 2 is 2.11 bits per heavy atom. The quantitative estimate of drug-likeness (QED) is 0.231. The van der Waals surface area contributed by atoms with E-state index in [1.165, 1.54) is 6.92 Å². The molecule has 0 saturated heterocycles. The number of aliphatic imine (C=N–C) groups is 1. The van der Waals surface area contributed by atoms with E-state index in [0.29, 0.717) is 22.4 Å². The van der Waals surface area contributed by atoms with Gasteiger partial charge in [0.25, 0.3) is 0 Å². The van der Waals surface area contributed by atoms with Gasteiger partial charge in [-0.3, -0.25) is 4.79 Å². The second-order valence-electron chi connectivity index (χ2n) is 5.70. The highest BCUT2D eigenvalue weighted by Crippen LogP contribution is 2.38. The van der Waals surface area contributed by atoms with Crippen LogP contribution in [0.5, 0.6) is 11.5 Å². The largest absolute Gasteiger partial charge is 0.490 e. The number of cyclic esters (lactones) is 1. The van der Waals surface area contributed by atoms with Gasteiger partial charge < -0.3 is 14.2 Å². The standard InChI is InChI=1S/C20H15BrINO5/c1-3-26-17-9-12(7-15(21)18(17)27-11(2)24)8-16-20(25)28-19(23-16)13-5-4-6-14(22)10-13/h4-10H,3H2,1-2H3/b16-8-. The van der Waals surface area contributed by atoms with Crippen LogP contribution in [0.25, 0.3) is 6.08 Å². The van der Waals surface area contributed by atoms with Gasteiger partial charge in [0, 0.05) is 16.1 Å². The van der Waals surface area contributed by atoms with Gasteiger partial charge in [-0.15, -0.1) is 0 Å². The lowest BCUT2D eigenvalue weighted by Gasteiger charge is -2.12. The Morgan fingerprint density at radius 1 is 1.32 bits per heavy atom. The predicted octanol–water partition coefficient (Wildman–Crippen LogP) is 4.72. The molecule has 6 nitrogen and oxygen atoms in total. The molecule has 8 heteroatoms. The number of nitrogens with zero attached hydrogens (tertiary/aromatic N) is 1. The zero-order valence-corrected chi connectivity index (χ0v) is 18.7. The molecule has 0 amide bonds. The Hall–Kier alpha value is -2.20. The number of hydrogen-bond donors (Lipinski definition) is 0. The molecular weight excluding hydrogens is 541 g/mol. The van der Waals surface area contributed by atoms with Crippen LogP contribution in [-0.4, -0.2) is 24.4 Å². The average molecular weight is 556 g/mol. The second kappa shape index (κ2) is 8.87. The number of ether oxygens (including phenoxy) is 3. The predicted molar refractivity (Wildman–Crippen MR) is 116 cm³/mol. The summed E-state index contributed by atoms with van der Waals surface area (Å²) in [6.45, 7) is 3.52. The van der Waals surface area contributed by atoms with Gasteiger partial charge in [0.05, 0.1) is 11.1 Å². The lowest BCUT2D eigenvalue weighted by Crippen LogP contribution is -2.06. The zero-order valence-electron chi connectivity index (χ0n) is 15.0. The SMILES string of the molecule is CCOc1cc(/C=C2\N=C(c3cccc(I)c3)OC2=O)cc(Br)c1OC(C)=O. The molecule has 2 aromatic rings. The van der Waals surface area contributed by atoms with Crippen LogP contribution in [0.2, 0.25) is 0 Å². The summed E-state index contributed by atoms with van der Waals surface area (Å²) >= 11 is 5.56. The summed E-state index contributed by atoms with van der Waals surface area (Å²) in [4.78, 5) is 27.9. The Balaban J connectivity index is 1.98. The van der Waals surface area contributed by atoms with Crippen molar-refractivity contribution in [3.63, 3.8) is 0 Å². The minimum Gasteiger partial charge on any atom is -0.490 e. The first-order chi connectivity index (χ1) is 13.4. The fraction of sp³-hybridized carbons (Fsp3) is 0.150. The van der Waals surface area contributed by atoms with E-state index >= 15 is 0 Å². The van der Waals surface area contributed by atoms with Crippen LogP contribution >= 0.6 is 38.5 Å². The van der Waals surface area contributed by atoms with E-state index in [1.807, 2.05) is 31.2 Å². The van der Waals surface area contributed by atoms with Crippen molar-refractivity contribution in [2.24, 2.45) is 4.99 Å². The van der Waals surface area contributed by atoms with Crippen molar-refractivity contribution in [2.45, 2.75) is 13.8 Å². The normalized spacial score (nSPS) is 14.6. The molecule has 144 valence electrons. The molecule has 28 heavy (non-hydrogen) atoms. The summed E-state index contributed by atoms with van der Waals surface area (Å²) in [5.41, 5.74) is 1.54. The van der Waals surface area contributed by atoms with Crippen molar-refractivity contribution in [3.05, 3.63) is 61.3 Å². The monoisotopic (exact) mass is 555 g/mol. The molecule has 0 radical (unpaired) electrons. The van der Waals surface area contributed by atoms with Gasteiger partial charge in [-0.1, -0.05) is 6.07 Å². The maximum absolute atomic E-state index is 12.2. The number of esters is 2. The van der Waals surface area contributed by atoms with Gasteiger partial charge in [0.1, 0.15) is 0 Å². The molecule has 0 bridgehead atoms. The van der Waals surface area contributed by atoms with E-state index in [0.717, 1.165) is 9.13 Å². The number of carbonyl (C=O) groups excluding carboxylic acids is 2. The van der Waals surface area contributed by atoms with Gasteiger partial charge in [0.2, 0.25) is 5.90 Å². The summed E-state index contributed by atoms with van der Waals surface area (Å²) in [7, 11) is 0. The summed E-state index contributed by atoms with van der Waals surface area (Å²) in [5, 5.41) is 0. The highest BCUT2D eigenvalue weighted by Gasteiger charge is 2.24. The molecule has 0 unspecified atom stereocenters. The van der Waals surface area contributed by atoms with Crippen molar-refractivity contribution in [1.82, 2.24) is 0 Å². The summed E-state index contributed by atoms with van der Waals surface area (Å²) < 4.78 is 17.6. The number of carbonyl (C=O) groups is 2. The summed E-state index contributed by atoms with van der Waals surface area (Å²) in [6.07, 6.45) is 1.59. The van der Waals surface area contributed by atoms with Gasteiger partial charge >= 0.3 is 11.9 Å². The lowest BCUT2D eigenvalue weighted by atomic mass is 10.1. The summed E-state index contributed by atoms with van der Waals surface area (Å²) in [6, 6.07) is 10.9. The van der Waals surface area contributed by atoms with Crippen LogP contribution in [0.1, 0.15) is 25.0 Å². The van der Waals surface area contributed by atoms with Crippen molar-refractivity contribution >= 4 is 62.4 Å². The Bertz CT molecular complexity index is 1020. The molecule has 2 aromatic carbocycles. The number of halogens is 2. The fourth-order valence-electron chi connectivity index (χ4n) is 2.49. The number of benzene rings is 2. The van der Waals surface area contributed by atoms with Crippen LogP contribution < -0.4 is 9.47 Å². The molecule has 0 spiro atoms. The average Bonchev–Trinajstić information content (AvgIpc) is 2.99. The summed E-state index contributed by atoms with van der Waals surface area (Å²) in [5.74, 6) is -0.0677. The van der Waals surface area contributed by atoms with Crippen LogP contribution in [0, 0.1) is 3.57 Å². The van der Waals surface area contributed by atoms with E-state index in [2.05, 4.69) is 43.5 Å². The molecule has 0 aromatic heterocycles. The van der Waals surface area contributed by atoms with Crippen LogP contribution in [0.15, 0.2) is 51.6 Å². The van der Waals surface area contributed by atoms with E-state index in [1.54, 1.807) is 18.2 Å². The highest BCUT2D eigenvalue weighted by molar-refractivity contribution is 14.1. The first-order valence-electron chi connectivity index (χ1n) is 8.30. The molecule has 1 aliphatic heterocycles. The smallest absolute Gasteiger partial charge is 0.363 e. The third-order valence-corrected chi connectivity index (χ3v) is 4.83. The minimum atomic E-state index is -0.535. The van der Waals surface area contributed by atoms with E-state index in [4.69, 9.17) is 14.2 Å². The Morgan fingerprint density at radius 3 is 2.79 bits per heavy atom. The molecule has 0 fully saturated rings. The fourth-order valence-corrected chi connectivity index (χ4v) is 3.57. The Kier molecular flexibility index (Phi) is 6.50. The van der Waals surface area contributed by atoms with Crippen molar-refractivity contribution in [2.75, 3.05) is 6.61 Å². The topological polar surface area (TPSA) is 74.2 Å². The van der Waals surface area contributed by atoms with Gasteiger partial charge in [-0.05, 0) is 87.4 Å². The second-order valence-corrected chi connectivity index (χ2v) is 7.80. The van der Waals surface area contributed by atoms with Crippen LogP contribution in [-0.2, 0) is 14.3 Å². The Labute approximate surface area is 183 Å². The highest BCUT2D eigenvalue weighted by atomic mass is 127. The first-order valence-corrected chi connectivity index (χ1v) is 10.2. The molecule has 1 aliphatic rings. The molecular formula is C20H15BrINO5. The van der Waals surface area contributed by atoms with E-state index in [9.17, 15) is 9.59 Å². The maximum Gasteiger partial charge on any atom is 0.363 e. The molecule has 1 heterocycles. The molecule has 0 atom stereocenters. The van der Waals surface area contributed by atoms with E-state index in [-0.39, 0.29) is 17.3 Å². The minimum absolute atomic E-state index is 0.170. The number of hydrogen-bond acceptors (Lipinski definition) is 6. The van der Waals surface area contributed by atoms with Crippen molar-refractivity contribution in [1.29, 1.82) is 0 Å². The third kappa shape index (κ3) is 4.79.